The van der Waals surface area contributed by atoms with Gasteiger partial charge in [-0.15, -0.1) is 0 Å². The molecule has 0 bridgehead atoms. The maximum atomic E-state index is 13.9. The molecule has 11 heteroatoms. The molecule has 1 N–H and O–H groups in total. The molecule has 3 aromatic rings. The minimum absolute atomic E-state index is 0.480. The van der Waals surface area contributed by atoms with Crippen LogP contribution in [-0.2, 0) is 6.18 Å². The van der Waals surface area contributed by atoms with Crippen LogP contribution in [0.5, 0.6) is 0 Å². The minimum Gasteiger partial charge on any atom is -0.318 e. The van der Waals surface area contributed by atoms with Crippen LogP contribution in [0.4, 0.5) is 36.4 Å². The first-order valence-electron chi connectivity index (χ1n) is 8.60. The summed E-state index contributed by atoms with van der Waals surface area (Å²) in [4.78, 5) is 0. The van der Waals surface area contributed by atoms with E-state index >= 15 is 0 Å². The van der Waals surface area contributed by atoms with Crippen LogP contribution in [0.1, 0.15) is 22.5 Å². The van der Waals surface area contributed by atoms with Crippen LogP contribution in [0.25, 0.3) is 5.69 Å². The molecule has 3 nitrogen and oxygen atoms in total. The summed E-state index contributed by atoms with van der Waals surface area (Å²) in [5.41, 5.74) is 0.294. The van der Waals surface area contributed by atoms with Crippen LogP contribution in [0, 0.1) is 37.1 Å². The summed E-state index contributed by atoms with van der Waals surface area (Å²) in [5.74, 6) is -9.61. The van der Waals surface area contributed by atoms with E-state index in [1.54, 1.807) is 49.6 Å². The Balaban J connectivity index is 1.93. The lowest BCUT2D eigenvalue weighted by atomic mass is 10.1. The molecule has 0 aliphatic rings. The van der Waals surface area contributed by atoms with Crippen LogP contribution in [-0.4, -0.2) is 10.8 Å². The van der Waals surface area contributed by atoms with E-state index in [0.717, 1.165) is 17.6 Å². The van der Waals surface area contributed by atoms with E-state index in [0.29, 0.717) is 16.3 Å². The van der Waals surface area contributed by atoms with Crippen LogP contribution >= 0.6 is 11.6 Å². The highest BCUT2D eigenvalue weighted by atomic mass is 35.5. The van der Waals surface area contributed by atoms with Crippen molar-refractivity contribution in [2.24, 2.45) is 5.10 Å². The van der Waals surface area contributed by atoms with Gasteiger partial charge in [-0.1, -0.05) is 11.6 Å². The van der Waals surface area contributed by atoms with Gasteiger partial charge in [0.2, 0.25) is 0 Å². The number of rotatable bonds is 4. The molecule has 164 valence electrons. The number of aromatic nitrogens is 1. The van der Waals surface area contributed by atoms with E-state index in [1.165, 1.54) is 0 Å². The Bertz CT molecular complexity index is 1140. The summed E-state index contributed by atoms with van der Waals surface area (Å²) in [6.45, 7) is 3.51. The minimum atomic E-state index is -5.61. The normalized spacial score (nSPS) is 12.1. The summed E-state index contributed by atoms with van der Waals surface area (Å²) < 4.78 is 95.0. The zero-order valence-electron chi connectivity index (χ0n) is 15.9. The van der Waals surface area contributed by atoms with Crippen LogP contribution < -0.4 is 5.43 Å². The summed E-state index contributed by atoms with van der Waals surface area (Å²) >= 11 is 5.88. The van der Waals surface area contributed by atoms with Gasteiger partial charge in [-0.3, -0.25) is 5.43 Å². The van der Waals surface area contributed by atoms with Crippen molar-refractivity contribution >= 4 is 23.5 Å². The number of benzene rings is 2. The highest BCUT2D eigenvalue weighted by Crippen LogP contribution is 2.38. The lowest BCUT2D eigenvalue weighted by molar-refractivity contribution is -0.143. The van der Waals surface area contributed by atoms with E-state index in [2.05, 4.69) is 5.10 Å². The van der Waals surface area contributed by atoms with Gasteiger partial charge in [-0.25, -0.2) is 17.6 Å². The molecule has 0 spiro atoms. The van der Waals surface area contributed by atoms with Crippen molar-refractivity contribution < 1.29 is 30.7 Å². The molecule has 2 aromatic carbocycles. The van der Waals surface area contributed by atoms with Gasteiger partial charge in [-0.05, 0) is 44.2 Å². The predicted octanol–water partition coefficient (Wildman–Crippen LogP) is 6.77. The quantitative estimate of drug-likeness (QED) is 0.197. The fourth-order valence-corrected chi connectivity index (χ4v) is 3.18. The molecule has 3 rings (SSSR count). The van der Waals surface area contributed by atoms with E-state index in [4.69, 9.17) is 11.6 Å². The molecule has 1 aromatic heterocycles. The number of aryl methyl sites for hydroxylation is 1. The largest absolute Gasteiger partial charge is 0.422 e. The van der Waals surface area contributed by atoms with E-state index in [1.807, 2.05) is 4.57 Å². The first-order chi connectivity index (χ1) is 14.4. The first kappa shape index (κ1) is 22.7. The van der Waals surface area contributed by atoms with Gasteiger partial charge < -0.3 is 4.57 Å². The Kier molecular flexibility index (Phi) is 6.04. The lowest BCUT2D eigenvalue weighted by Crippen LogP contribution is -2.16. The van der Waals surface area contributed by atoms with Crippen LogP contribution in [0.2, 0.25) is 5.02 Å². The predicted molar refractivity (Wildman–Crippen MR) is 103 cm³/mol. The van der Waals surface area contributed by atoms with Gasteiger partial charge in [0.1, 0.15) is 11.3 Å². The monoisotopic (exact) mass is 463 g/mol. The summed E-state index contributed by atoms with van der Waals surface area (Å²) in [6, 6.07) is 8.57. The van der Waals surface area contributed by atoms with Crippen molar-refractivity contribution in [1.82, 2.24) is 4.57 Å². The molecule has 0 atom stereocenters. The van der Waals surface area contributed by atoms with Crippen LogP contribution in [0.3, 0.4) is 0 Å². The Labute approximate surface area is 176 Å². The second-order valence-corrected chi connectivity index (χ2v) is 6.95. The Morgan fingerprint density at radius 1 is 0.935 bits per heavy atom. The zero-order valence-corrected chi connectivity index (χ0v) is 16.6. The van der Waals surface area contributed by atoms with Gasteiger partial charge in [0.25, 0.3) is 0 Å². The Hall–Kier alpha value is -3.01. The fraction of sp³-hybridized carbons (Fsp3) is 0.150. The van der Waals surface area contributed by atoms with Crippen LogP contribution in [0.15, 0.2) is 35.4 Å². The molecule has 0 radical (unpaired) electrons. The SMILES string of the molecule is Cc1cc(C=NNc2c(F)c(F)c(C(F)(F)F)c(F)c2F)c(C)n1-c1ccc(Cl)cc1. The molecule has 0 aliphatic carbocycles. The van der Waals surface area contributed by atoms with Gasteiger partial charge in [-0.2, -0.15) is 18.3 Å². The molecule has 31 heavy (non-hydrogen) atoms. The number of halogens is 8. The summed E-state index contributed by atoms with van der Waals surface area (Å²) in [5, 5.41) is 4.07. The fourth-order valence-electron chi connectivity index (χ4n) is 3.05. The summed E-state index contributed by atoms with van der Waals surface area (Å²) in [7, 11) is 0. The molecule has 0 aliphatic heterocycles. The third-order valence-corrected chi connectivity index (χ3v) is 4.73. The molecule has 0 saturated heterocycles. The van der Waals surface area contributed by atoms with Gasteiger partial charge in [0.15, 0.2) is 23.3 Å². The molecule has 0 amide bonds. The third-order valence-electron chi connectivity index (χ3n) is 4.48. The topological polar surface area (TPSA) is 29.3 Å². The molecule has 0 saturated carbocycles. The number of nitrogens with one attached hydrogen (secondary N) is 1. The average molecular weight is 464 g/mol. The highest BCUT2D eigenvalue weighted by Gasteiger charge is 2.42. The van der Waals surface area contributed by atoms with Crippen molar-refractivity contribution in [2.45, 2.75) is 20.0 Å². The molecule has 1 heterocycles. The maximum absolute atomic E-state index is 13.9. The van der Waals surface area contributed by atoms with Crippen molar-refractivity contribution in [2.75, 3.05) is 5.43 Å². The zero-order chi connectivity index (χ0) is 23.1. The highest BCUT2D eigenvalue weighted by molar-refractivity contribution is 6.30. The number of anilines is 1. The Morgan fingerprint density at radius 2 is 1.48 bits per heavy atom. The van der Waals surface area contributed by atoms with Crippen molar-refractivity contribution in [3.8, 4) is 5.69 Å². The second kappa shape index (κ2) is 8.26. The molecule has 0 fully saturated rings. The number of hydrogen-bond donors (Lipinski definition) is 1. The number of alkyl halides is 3. The number of nitrogens with zero attached hydrogens (tertiary/aromatic N) is 2. The van der Waals surface area contributed by atoms with E-state index in [9.17, 15) is 30.7 Å². The van der Waals surface area contributed by atoms with Gasteiger partial charge in [0, 0.05) is 27.7 Å². The van der Waals surface area contributed by atoms with Crippen molar-refractivity contribution in [1.29, 1.82) is 0 Å². The second-order valence-electron chi connectivity index (χ2n) is 6.51. The standard InChI is InChI=1S/C20H13ClF7N3/c1-9-7-11(10(2)31(9)13-5-3-12(21)4-6-13)8-29-30-19-17(24)15(22)14(20(26,27)28)16(23)18(19)25/h3-8,30H,1-2H3. The number of hydrogen-bond acceptors (Lipinski definition) is 2. The van der Waals surface area contributed by atoms with Crippen molar-refractivity contribution in [3.05, 3.63) is 81.1 Å². The van der Waals surface area contributed by atoms with Crippen molar-refractivity contribution in [3.63, 3.8) is 0 Å². The average Bonchev–Trinajstić information content (AvgIpc) is 2.96. The van der Waals surface area contributed by atoms with E-state index < -0.39 is 40.7 Å². The molecular formula is C20H13ClF7N3. The number of hydrazone groups is 1. The van der Waals surface area contributed by atoms with E-state index in [-0.39, 0.29) is 0 Å². The molecule has 0 unspecified atom stereocenters. The van der Waals surface area contributed by atoms with Gasteiger partial charge >= 0.3 is 6.18 Å². The third kappa shape index (κ3) is 4.25. The Morgan fingerprint density at radius 3 is 2.00 bits per heavy atom. The summed E-state index contributed by atoms with van der Waals surface area (Å²) in [6.07, 6.45) is -4.50. The lowest BCUT2D eigenvalue weighted by Gasteiger charge is -2.13. The maximum Gasteiger partial charge on any atom is 0.422 e. The van der Waals surface area contributed by atoms with Gasteiger partial charge in [0.05, 0.1) is 6.21 Å². The molecular weight excluding hydrogens is 451 g/mol. The first-order valence-corrected chi connectivity index (χ1v) is 8.98. The smallest absolute Gasteiger partial charge is 0.318 e.